The highest BCUT2D eigenvalue weighted by Gasteiger charge is 2.13. The Morgan fingerprint density at radius 2 is 1.72 bits per heavy atom. The van der Waals surface area contributed by atoms with E-state index in [-0.39, 0.29) is 18.2 Å². The van der Waals surface area contributed by atoms with Crippen molar-refractivity contribution in [2.75, 3.05) is 5.32 Å². The Kier molecular flexibility index (Phi) is 4.35. The maximum absolute atomic E-state index is 12.3. The van der Waals surface area contributed by atoms with Gasteiger partial charge in [0.1, 0.15) is 6.54 Å². The molecule has 0 radical (unpaired) electrons. The maximum atomic E-state index is 12.3. The zero-order chi connectivity index (χ0) is 18.0. The molecule has 0 aliphatic rings. The summed E-state index contributed by atoms with van der Waals surface area (Å²) in [5, 5.41) is 3.59. The molecule has 126 valence electrons. The van der Waals surface area contributed by atoms with Gasteiger partial charge >= 0.3 is 0 Å². The summed E-state index contributed by atoms with van der Waals surface area (Å²) in [6, 6.07) is 13.8. The largest absolute Gasteiger partial charge is 0.366 e. The van der Waals surface area contributed by atoms with Crippen molar-refractivity contribution >= 4 is 34.2 Å². The van der Waals surface area contributed by atoms with Gasteiger partial charge in [-0.2, -0.15) is 0 Å². The molecule has 25 heavy (non-hydrogen) atoms. The normalized spacial score (nSPS) is 10.6. The lowest BCUT2D eigenvalue weighted by atomic mass is 10.1. The molecule has 0 atom stereocenters. The van der Waals surface area contributed by atoms with Crippen LogP contribution >= 0.6 is 0 Å². The highest BCUT2D eigenvalue weighted by molar-refractivity contribution is 6.07. The molecule has 6 heteroatoms. The summed E-state index contributed by atoms with van der Waals surface area (Å²) in [5.41, 5.74) is 7.55. The Morgan fingerprint density at radius 3 is 2.36 bits per heavy atom. The summed E-state index contributed by atoms with van der Waals surface area (Å²) in [6.07, 6.45) is 1.70. The molecule has 0 aliphatic heterocycles. The minimum atomic E-state index is -0.520. The molecule has 3 rings (SSSR count). The lowest BCUT2D eigenvalue weighted by Crippen LogP contribution is -2.18. The van der Waals surface area contributed by atoms with Crippen LogP contribution in [0, 0.1) is 0 Å². The number of rotatable bonds is 5. The molecule has 6 nitrogen and oxygen atoms in total. The number of nitrogens with zero attached hydrogens (tertiary/aromatic N) is 1. The van der Waals surface area contributed by atoms with E-state index in [0.717, 1.165) is 10.9 Å². The zero-order valence-corrected chi connectivity index (χ0v) is 13.7. The Hall–Kier alpha value is -3.41. The van der Waals surface area contributed by atoms with Gasteiger partial charge in [-0.05, 0) is 37.3 Å². The molecule has 2 amide bonds. The van der Waals surface area contributed by atoms with Gasteiger partial charge < -0.3 is 15.6 Å². The predicted octanol–water partition coefficient (Wildman–Crippen LogP) is 2.58. The Labute approximate surface area is 144 Å². The molecule has 0 saturated carbocycles. The van der Waals surface area contributed by atoms with E-state index in [9.17, 15) is 14.4 Å². The molecular weight excluding hydrogens is 318 g/mol. The lowest BCUT2D eigenvalue weighted by Gasteiger charge is -2.08. The number of ketones is 1. The number of Topliss-reactive ketones (excluding diaryl/α,β-unsaturated/α-hetero) is 1. The smallest absolute Gasteiger partial charge is 0.248 e. The van der Waals surface area contributed by atoms with Crippen molar-refractivity contribution in [3.05, 3.63) is 65.9 Å². The summed E-state index contributed by atoms with van der Waals surface area (Å²) < 4.78 is 1.75. The summed E-state index contributed by atoms with van der Waals surface area (Å²) in [4.78, 5) is 35.2. The third-order valence-electron chi connectivity index (χ3n) is 3.94. The fraction of sp³-hybridized carbons (Fsp3) is 0.105. The number of fused-ring (bicyclic) bond motifs is 1. The van der Waals surface area contributed by atoms with Crippen LogP contribution in [0.2, 0.25) is 0 Å². The molecule has 3 N–H and O–H groups in total. The standard InChI is InChI=1S/C19H17N3O3/c1-12(23)16-10-22(17-5-3-2-4-15(16)17)11-18(24)21-14-8-6-13(7-9-14)19(20)25/h2-10H,11H2,1H3,(H2,20,25)(H,21,24). The number of para-hydroxylation sites is 1. The number of amides is 2. The first-order valence-electron chi connectivity index (χ1n) is 7.74. The number of aromatic nitrogens is 1. The van der Waals surface area contributed by atoms with Crippen LogP contribution < -0.4 is 11.1 Å². The SMILES string of the molecule is CC(=O)c1cn(CC(=O)Nc2ccc(C(N)=O)cc2)c2ccccc12. The van der Waals surface area contributed by atoms with E-state index < -0.39 is 5.91 Å². The number of carbonyl (C=O) groups excluding carboxylic acids is 3. The van der Waals surface area contributed by atoms with Crippen molar-refractivity contribution in [2.45, 2.75) is 13.5 Å². The second kappa shape index (κ2) is 6.60. The van der Waals surface area contributed by atoms with E-state index in [1.807, 2.05) is 24.3 Å². The average molecular weight is 335 g/mol. The van der Waals surface area contributed by atoms with Crippen LogP contribution in [0.4, 0.5) is 5.69 Å². The monoisotopic (exact) mass is 335 g/mol. The molecule has 0 spiro atoms. The van der Waals surface area contributed by atoms with E-state index in [1.54, 1.807) is 35.0 Å². The highest BCUT2D eigenvalue weighted by Crippen LogP contribution is 2.22. The molecule has 0 saturated heterocycles. The van der Waals surface area contributed by atoms with E-state index >= 15 is 0 Å². The highest BCUT2D eigenvalue weighted by atomic mass is 16.2. The van der Waals surface area contributed by atoms with Crippen LogP contribution in [0.5, 0.6) is 0 Å². The average Bonchev–Trinajstić information content (AvgIpc) is 2.94. The topological polar surface area (TPSA) is 94.2 Å². The predicted molar refractivity (Wildman–Crippen MR) is 95.5 cm³/mol. The van der Waals surface area contributed by atoms with Gasteiger partial charge in [0, 0.05) is 33.9 Å². The number of hydrogen-bond acceptors (Lipinski definition) is 3. The van der Waals surface area contributed by atoms with E-state index in [1.165, 1.54) is 6.92 Å². The summed E-state index contributed by atoms with van der Waals surface area (Å²) >= 11 is 0. The number of nitrogens with one attached hydrogen (secondary N) is 1. The molecule has 1 aromatic heterocycles. The van der Waals surface area contributed by atoms with E-state index in [0.29, 0.717) is 16.8 Å². The number of anilines is 1. The number of carbonyl (C=O) groups is 3. The van der Waals surface area contributed by atoms with Gasteiger partial charge in [0.15, 0.2) is 5.78 Å². The molecule has 0 aliphatic carbocycles. The van der Waals surface area contributed by atoms with Gasteiger partial charge in [-0.3, -0.25) is 14.4 Å². The molecule has 3 aromatic rings. The minimum Gasteiger partial charge on any atom is -0.366 e. The lowest BCUT2D eigenvalue weighted by molar-refractivity contribution is -0.116. The van der Waals surface area contributed by atoms with Crippen molar-refractivity contribution in [1.29, 1.82) is 0 Å². The van der Waals surface area contributed by atoms with E-state index in [4.69, 9.17) is 5.73 Å². The second-order valence-corrected chi connectivity index (χ2v) is 5.73. The summed E-state index contributed by atoms with van der Waals surface area (Å²) in [7, 11) is 0. The van der Waals surface area contributed by atoms with Crippen molar-refractivity contribution in [2.24, 2.45) is 5.73 Å². The summed E-state index contributed by atoms with van der Waals surface area (Å²) in [6.45, 7) is 1.58. The fourth-order valence-electron chi connectivity index (χ4n) is 2.73. The van der Waals surface area contributed by atoms with Crippen LogP contribution in [-0.2, 0) is 11.3 Å². The molecule has 2 aromatic carbocycles. The molecule has 0 bridgehead atoms. The first kappa shape index (κ1) is 16.4. The third-order valence-corrected chi connectivity index (χ3v) is 3.94. The first-order chi connectivity index (χ1) is 12.0. The maximum Gasteiger partial charge on any atom is 0.248 e. The quantitative estimate of drug-likeness (QED) is 0.702. The van der Waals surface area contributed by atoms with Gasteiger partial charge in [-0.25, -0.2) is 0 Å². The van der Waals surface area contributed by atoms with Crippen LogP contribution in [0.25, 0.3) is 10.9 Å². The molecule has 0 unspecified atom stereocenters. The van der Waals surface area contributed by atoms with Crippen molar-refractivity contribution < 1.29 is 14.4 Å². The van der Waals surface area contributed by atoms with Gasteiger partial charge in [-0.15, -0.1) is 0 Å². The Morgan fingerprint density at radius 1 is 1.04 bits per heavy atom. The van der Waals surface area contributed by atoms with E-state index in [2.05, 4.69) is 5.32 Å². The van der Waals surface area contributed by atoms with Crippen LogP contribution in [-0.4, -0.2) is 22.2 Å². The summed E-state index contributed by atoms with van der Waals surface area (Å²) in [5.74, 6) is -0.798. The number of hydrogen-bond donors (Lipinski definition) is 2. The molecule has 0 fully saturated rings. The molecule has 1 heterocycles. The third kappa shape index (κ3) is 3.42. The van der Waals surface area contributed by atoms with Crippen molar-refractivity contribution in [1.82, 2.24) is 4.57 Å². The first-order valence-corrected chi connectivity index (χ1v) is 7.74. The Balaban J connectivity index is 1.80. The van der Waals surface area contributed by atoms with Crippen LogP contribution in [0.1, 0.15) is 27.6 Å². The van der Waals surface area contributed by atoms with Crippen LogP contribution in [0.3, 0.4) is 0 Å². The number of benzene rings is 2. The Bertz CT molecular complexity index is 971. The number of primary amides is 1. The number of nitrogens with two attached hydrogens (primary N) is 1. The minimum absolute atomic E-state index is 0.0441. The van der Waals surface area contributed by atoms with Gasteiger partial charge in [0.2, 0.25) is 11.8 Å². The zero-order valence-electron chi connectivity index (χ0n) is 13.7. The van der Waals surface area contributed by atoms with Gasteiger partial charge in [0.25, 0.3) is 0 Å². The van der Waals surface area contributed by atoms with Crippen molar-refractivity contribution in [3.63, 3.8) is 0 Å². The van der Waals surface area contributed by atoms with Crippen molar-refractivity contribution in [3.8, 4) is 0 Å². The van der Waals surface area contributed by atoms with Gasteiger partial charge in [0.05, 0.1) is 0 Å². The molecular formula is C19H17N3O3. The fourth-order valence-corrected chi connectivity index (χ4v) is 2.73. The van der Waals surface area contributed by atoms with Crippen LogP contribution in [0.15, 0.2) is 54.7 Å². The second-order valence-electron chi connectivity index (χ2n) is 5.73. The van der Waals surface area contributed by atoms with Gasteiger partial charge in [-0.1, -0.05) is 18.2 Å².